The molecule has 1 aromatic rings. The van der Waals surface area contributed by atoms with Crippen LogP contribution in [0.1, 0.15) is 5.56 Å². The molecule has 0 amide bonds. The fraction of sp³-hybridized carbons (Fsp3) is 0.571. The van der Waals surface area contributed by atoms with Gasteiger partial charge < -0.3 is 5.32 Å². The molecule has 1 saturated heterocycles. The number of halogens is 1. The van der Waals surface area contributed by atoms with Crippen molar-refractivity contribution < 1.29 is 0 Å². The van der Waals surface area contributed by atoms with Crippen LogP contribution in [0.2, 0.25) is 0 Å². The van der Waals surface area contributed by atoms with Crippen molar-refractivity contribution in [2.45, 2.75) is 6.42 Å². The van der Waals surface area contributed by atoms with Gasteiger partial charge in [0.1, 0.15) is 0 Å². The summed E-state index contributed by atoms with van der Waals surface area (Å²) in [6.45, 7) is 6.79. The summed E-state index contributed by atoms with van der Waals surface area (Å²) in [5.41, 5.74) is 1.41. The van der Waals surface area contributed by atoms with Gasteiger partial charge in [0.25, 0.3) is 0 Å². The Morgan fingerprint density at radius 2 is 1.89 bits per heavy atom. The van der Waals surface area contributed by atoms with Crippen molar-refractivity contribution in [1.29, 1.82) is 0 Å². The summed E-state index contributed by atoms with van der Waals surface area (Å²) < 4.78 is 1.15. The average molecular weight is 312 g/mol. The van der Waals surface area contributed by atoms with Crippen LogP contribution in [-0.2, 0) is 6.42 Å². The van der Waals surface area contributed by atoms with Gasteiger partial charge in [-0.05, 0) is 31.2 Å². The second-order valence-corrected chi connectivity index (χ2v) is 5.88. The Labute approximate surface area is 118 Å². The SMILES string of the molecule is CN(CCc1ccc(Br)cc1)CN1CCNCC1. The first-order valence-electron chi connectivity index (χ1n) is 6.60. The molecule has 1 aliphatic rings. The van der Waals surface area contributed by atoms with E-state index in [2.05, 4.69) is 62.4 Å². The molecule has 3 nitrogen and oxygen atoms in total. The molecular formula is C14H22BrN3. The van der Waals surface area contributed by atoms with Crippen molar-refractivity contribution in [2.75, 3.05) is 46.4 Å². The first-order chi connectivity index (χ1) is 8.74. The molecule has 0 bridgehead atoms. The van der Waals surface area contributed by atoms with Gasteiger partial charge in [-0.3, -0.25) is 9.80 Å². The zero-order chi connectivity index (χ0) is 12.8. The number of piperazine rings is 1. The summed E-state index contributed by atoms with van der Waals surface area (Å²) in [4.78, 5) is 4.92. The van der Waals surface area contributed by atoms with Crippen LogP contribution in [0.3, 0.4) is 0 Å². The highest BCUT2D eigenvalue weighted by Gasteiger charge is 2.11. The zero-order valence-corrected chi connectivity index (χ0v) is 12.6. The molecular weight excluding hydrogens is 290 g/mol. The highest BCUT2D eigenvalue weighted by Crippen LogP contribution is 2.11. The Bertz CT molecular complexity index is 347. The minimum Gasteiger partial charge on any atom is -0.314 e. The van der Waals surface area contributed by atoms with Crippen LogP contribution in [0.5, 0.6) is 0 Å². The van der Waals surface area contributed by atoms with Gasteiger partial charge in [0, 0.05) is 37.2 Å². The van der Waals surface area contributed by atoms with Crippen LogP contribution < -0.4 is 5.32 Å². The van der Waals surface area contributed by atoms with Gasteiger partial charge in [0.15, 0.2) is 0 Å². The second-order valence-electron chi connectivity index (χ2n) is 4.97. The first kappa shape index (κ1) is 14.0. The Morgan fingerprint density at radius 3 is 2.56 bits per heavy atom. The largest absolute Gasteiger partial charge is 0.314 e. The predicted octanol–water partition coefficient (Wildman–Crippen LogP) is 1.79. The molecule has 2 rings (SSSR count). The van der Waals surface area contributed by atoms with E-state index in [1.165, 1.54) is 18.7 Å². The van der Waals surface area contributed by atoms with Crippen molar-refractivity contribution in [2.24, 2.45) is 0 Å². The maximum Gasteiger partial charge on any atom is 0.0504 e. The van der Waals surface area contributed by atoms with E-state index < -0.39 is 0 Å². The third-order valence-electron chi connectivity index (χ3n) is 3.35. The maximum absolute atomic E-state index is 3.47. The Balaban J connectivity index is 1.70. The zero-order valence-electron chi connectivity index (χ0n) is 11.0. The Hall–Kier alpha value is -0.420. The molecule has 0 radical (unpaired) electrons. The van der Waals surface area contributed by atoms with E-state index >= 15 is 0 Å². The lowest BCUT2D eigenvalue weighted by Gasteiger charge is -2.31. The maximum atomic E-state index is 3.47. The van der Waals surface area contributed by atoms with Crippen LogP contribution in [0.4, 0.5) is 0 Å². The van der Waals surface area contributed by atoms with Gasteiger partial charge in [-0.15, -0.1) is 0 Å². The van der Waals surface area contributed by atoms with Gasteiger partial charge in [-0.2, -0.15) is 0 Å². The quantitative estimate of drug-likeness (QED) is 0.894. The van der Waals surface area contributed by atoms with Crippen molar-refractivity contribution in [3.8, 4) is 0 Å². The van der Waals surface area contributed by atoms with Crippen LogP contribution in [0, 0.1) is 0 Å². The van der Waals surface area contributed by atoms with Crippen molar-refractivity contribution >= 4 is 15.9 Å². The van der Waals surface area contributed by atoms with Crippen LogP contribution in [0.25, 0.3) is 0 Å². The topological polar surface area (TPSA) is 18.5 Å². The number of nitrogens with one attached hydrogen (secondary N) is 1. The molecule has 100 valence electrons. The van der Waals surface area contributed by atoms with Crippen molar-refractivity contribution in [1.82, 2.24) is 15.1 Å². The molecule has 0 aliphatic carbocycles. The number of hydrogen-bond acceptors (Lipinski definition) is 3. The summed E-state index contributed by atoms with van der Waals surface area (Å²) in [6, 6.07) is 8.63. The summed E-state index contributed by atoms with van der Waals surface area (Å²) in [5.74, 6) is 0. The number of hydrogen-bond donors (Lipinski definition) is 1. The Kier molecular flexibility index (Phi) is 5.63. The van der Waals surface area contributed by atoms with Gasteiger partial charge in [0.05, 0.1) is 6.67 Å². The van der Waals surface area contributed by atoms with E-state index in [9.17, 15) is 0 Å². The lowest BCUT2D eigenvalue weighted by Crippen LogP contribution is -2.47. The second kappa shape index (κ2) is 7.24. The van der Waals surface area contributed by atoms with Crippen LogP contribution >= 0.6 is 15.9 Å². The van der Waals surface area contributed by atoms with Gasteiger partial charge in [0.2, 0.25) is 0 Å². The van der Waals surface area contributed by atoms with E-state index in [4.69, 9.17) is 0 Å². The molecule has 1 aromatic carbocycles. The molecule has 1 fully saturated rings. The van der Waals surface area contributed by atoms with Gasteiger partial charge >= 0.3 is 0 Å². The number of likely N-dealkylation sites (N-methyl/N-ethyl adjacent to an activating group) is 1. The first-order valence-corrected chi connectivity index (χ1v) is 7.39. The van der Waals surface area contributed by atoms with Crippen LogP contribution in [0.15, 0.2) is 28.7 Å². The highest BCUT2D eigenvalue weighted by molar-refractivity contribution is 9.10. The lowest BCUT2D eigenvalue weighted by atomic mass is 10.1. The van der Waals surface area contributed by atoms with E-state index in [1.807, 2.05) is 0 Å². The Morgan fingerprint density at radius 1 is 1.22 bits per heavy atom. The fourth-order valence-corrected chi connectivity index (χ4v) is 2.50. The van der Waals surface area contributed by atoms with Gasteiger partial charge in [-0.25, -0.2) is 0 Å². The molecule has 1 N–H and O–H groups in total. The van der Waals surface area contributed by atoms with Crippen molar-refractivity contribution in [3.63, 3.8) is 0 Å². The normalized spacial score (nSPS) is 17.3. The summed E-state index contributed by atoms with van der Waals surface area (Å²) in [7, 11) is 2.21. The number of nitrogens with zero attached hydrogens (tertiary/aromatic N) is 2. The minimum absolute atomic E-state index is 1.08. The minimum atomic E-state index is 1.08. The predicted molar refractivity (Wildman–Crippen MR) is 79.8 cm³/mol. The number of rotatable bonds is 5. The molecule has 18 heavy (non-hydrogen) atoms. The molecule has 0 aromatic heterocycles. The fourth-order valence-electron chi connectivity index (χ4n) is 2.24. The van der Waals surface area contributed by atoms with E-state index in [-0.39, 0.29) is 0 Å². The monoisotopic (exact) mass is 311 g/mol. The molecule has 0 saturated carbocycles. The summed E-state index contributed by atoms with van der Waals surface area (Å²) >= 11 is 3.47. The molecule has 0 unspecified atom stereocenters. The summed E-state index contributed by atoms with van der Waals surface area (Å²) in [5, 5.41) is 3.39. The average Bonchev–Trinajstić information content (AvgIpc) is 2.39. The van der Waals surface area contributed by atoms with E-state index in [0.29, 0.717) is 0 Å². The summed E-state index contributed by atoms with van der Waals surface area (Å²) in [6.07, 6.45) is 1.12. The molecule has 1 heterocycles. The molecule has 0 spiro atoms. The van der Waals surface area contributed by atoms with Crippen molar-refractivity contribution in [3.05, 3.63) is 34.3 Å². The van der Waals surface area contributed by atoms with E-state index in [1.54, 1.807) is 0 Å². The number of benzene rings is 1. The smallest absolute Gasteiger partial charge is 0.0504 e. The lowest BCUT2D eigenvalue weighted by molar-refractivity contribution is 0.140. The van der Waals surface area contributed by atoms with Crippen LogP contribution in [-0.4, -0.2) is 56.2 Å². The highest BCUT2D eigenvalue weighted by atomic mass is 79.9. The van der Waals surface area contributed by atoms with E-state index in [0.717, 1.165) is 37.2 Å². The molecule has 0 atom stereocenters. The molecule has 1 aliphatic heterocycles. The third-order valence-corrected chi connectivity index (χ3v) is 3.88. The standard InChI is InChI=1S/C14H22BrN3/c1-17(12-18-10-7-16-8-11-18)9-6-13-2-4-14(15)5-3-13/h2-5,16H,6-12H2,1H3. The molecule has 4 heteroatoms. The van der Waals surface area contributed by atoms with Gasteiger partial charge in [-0.1, -0.05) is 28.1 Å². The third kappa shape index (κ3) is 4.69.